The highest BCUT2D eigenvalue weighted by atomic mass is 16.5. The number of carboxylic acid groups (broad SMARTS) is 1. The van der Waals surface area contributed by atoms with Crippen LogP contribution in [-0.2, 0) is 9.53 Å². The first-order valence-electron chi connectivity index (χ1n) is 6.30. The van der Waals surface area contributed by atoms with Gasteiger partial charge in [0.05, 0.1) is 6.54 Å². The summed E-state index contributed by atoms with van der Waals surface area (Å²) in [7, 11) is 1.73. The Bertz CT molecular complexity index is 236. The zero-order chi connectivity index (χ0) is 12.7. The monoisotopic (exact) mass is 244 g/mol. The molecule has 1 rings (SSSR count). The molecule has 0 radical (unpaired) electrons. The van der Waals surface area contributed by atoms with Crippen LogP contribution in [0.3, 0.4) is 0 Å². The number of rotatable bonds is 6. The van der Waals surface area contributed by atoms with Gasteiger partial charge in [-0.25, -0.2) is 0 Å². The van der Waals surface area contributed by atoms with E-state index in [-0.39, 0.29) is 6.54 Å². The number of carbonyl (C=O) groups is 1. The van der Waals surface area contributed by atoms with Gasteiger partial charge in [0.15, 0.2) is 0 Å². The zero-order valence-corrected chi connectivity index (χ0v) is 10.9. The van der Waals surface area contributed by atoms with E-state index in [1.54, 1.807) is 7.11 Å². The normalized spacial score (nSPS) is 21.1. The van der Waals surface area contributed by atoms with Crippen molar-refractivity contribution in [1.29, 1.82) is 0 Å². The fourth-order valence-electron chi connectivity index (χ4n) is 2.25. The Balaban J connectivity index is 2.33. The van der Waals surface area contributed by atoms with Crippen molar-refractivity contribution in [2.45, 2.75) is 25.8 Å². The summed E-state index contributed by atoms with van der Waals surface area (Å²) < 4.78 is 5.09. The standard InChI is InChI=1S/C12H24N2O3/c1-11(4-9-17-2)14-6-3-5-13(7-8-14)10-12(15)16/h11H,3-10H2,1-2H3,(H,15,16). The fraction of sp³-hybridized carbons (Fsp3) is 0.917. The average molecular weight is 244 g/mol. The minimum Gasteiger partial charge on any atom is -0.480 e. The second-order valence-electron chi connectivity index (χ2n) is 4.69. The molecule has 100 valence electrons. The van der Waals surface area contributed by atoms with Gasteiger partial charge < -0.3 is 9.84 Å². The molecule has 1 aliphatic rings. The van der Waals surface area contributed by atoms with Crippen LogP contribution in [0, 0.1) is 0 Å². The fourth-order valence-corrected chi connectivity index (χ4v) is 2.25. The summed E-state index contributed by atoms with van der Waals surface area (Å²) >= 11 is 0. The maximum Gasteiger partial charge on any atom is 0.317 e. The van der Waals surface area contributed by atoms with Crippen molar-refractivity contribution in [3.8, 4) is 0 Å². The van der Waals surface area contributed by atoms with Gasteiger partial charge in [0.2, 0.25) is 0 Å². The van der Waals surface area contributed by atoms with E-state index in [1.165, 1.54) is 0 Å². The van der Waals surface area contributed by atoms with Crippen molar-refractivity contribution in [2.24, 2.45) is 0 Å². The predicted octanol–water partition coefficient (Wildman–Crippen LogP) is 0.504. The summed E-state index contributed by atoms with van der Waals surface area (Å²) in [6.07, 6.45) is 2.08. The van der Waals surface area contributed by atoms with Crippen LogP contribution in [0.25, 0.3) is 0 Å². The Hall–Kier alpha value is -0.650. The summed E-state index contributed by atoms with van der Waals surface area (Å²) in [6, 6.07) is 0.514. The molecule has 0 aliphatic carbocycles. The highest BCUT2D eigenvalue weighted by Gasteiger charge is 2.19. The van der Waals surface area contributed by atoms with Crippen LogP contribution in [0.2, 0.25) is 0 Å². The predicted molar refractivity (Wildman–Crippen MR) is 66.2 cm³/mol. The Morgan fingerprint density at radius 1 is 1.35 bits per heavy atom. The van der Waals surface area contributed by atoms with Crippen molar-refractivity contribution >= 4 is 5.97 Å². The topological polar surface area (TPSA) is 53.0 Å². The number of methoxy groups -OCH3 is 1. The van der Waals surface area contributed by atoms with Gasteiger partial charge in [-0.05, 0) is 26.3 Å². The third-order valence-corrected chi connectivity index (χ3v) is 3.35. The lowest BCUT2D eigenvalue weighted by Crippen LogP contribution is -2.38. The molecule has 1 fully saturated rings. The molecule has 1 aliphatic heterocycles. The molecule has 1 saturated heterocycles. The third kappa shape index (κ3) is 5.48. The summed E-state index contributed by atoms with van der Waals surface area (Å²) in [6.45, 7) is 6.92. The first-order chi connectivity index (χ1) is 8.13. The van der Waals surface area contributed by atoms with Crippen LogP contribution in [0.5, 0.6) is 0 Å². The molecule has 0 spiro atoms. The highest BCUT2D eigenvalue weighted by Crippen LogP contribution is 2.09. The van der Waals surface area contributed by atoms with Crippen LogP contribution in [0.15, 0.2) is 0 Å². The molecule has 1 heterocycles. The lowest BCUT2D eigenvalue weighted by molar-refractivity contribution is -0.138. The van der Waals surface area contributed by atoms with Crippen molar-refractivity contribution in [3.63, 3.8) is 0 Å². The van der Waals surface area contributed by atoms with Crippen molar-refractivity contribution in [1.82, 2.24) is 9.80 Å². The number of carboxylic acids is 1. The first-order valence-corrected chi connectivity index (χ1v) is 6.30. The molecule has 1 atom stereocenters. The summed E-state index contributed by atoms with van der Waals surface area (Å²) in [5, 5.41) is 8.78. The van der Waals surface area contributed by atoms with Gasteiger partial charge in [-0.2, -0.15) is 0 Å². The van der Waals surface area contributed by atoms with Crippen molar-refractivity contribution < 1.29 is 14.6 Å². The van der Waals surface area contributed by atoms with Gasteiger partial charge in [-0.3, -0.25) is 14.6 Å². The molecule has 5 heteroatoms. The van der Waals surface area contributed by atoms with Crippen LogP contribution < -0.4 is 0 Å². The van der Waals surface area contributed by atoms with E-state index in [1.807, 2.05) is 4.90 Å². The maximum absolute atomic E-state index is 10.7. The third-order valence-electron chi connectivity index (χ3n) is 3.35. The lowest BCUT2D eigenvalue weighted by Gasteiger charge is -2.27. The summed E-state index contributed by atoms with van der Waals surface area (Å²) in [5.41, 5.74) is 0. The number of nitrogens with zero attached hydrogens (tertiary/aromatic N) is 2. The minimum absolute atomic E-state index is 0.167. The Labute approximate surface area is 103 Å². The van der Waals surface area contributed by atoms with Gasteiger partial charge in [0.1, 0.15) is 0 Å². The molecular weight excluding hydrogens is 220 g/mol. The van der Waals surface area contributed by atoms with Crippen LogP contribution in [0.4, 0.5) is 0 Å². The number of ether oxygens (including phenoxy) is 1. The molecule has 17 heavy (non-hydrogen) atoms. The van der Waals surface area contributed by atoms with Crippen molar-refractivity contribution in [2.75, 3.05) is 46.4 Å². The van der Waals surface area contributed by atoms with E-state index in [9.17, 15) is 4.79 Å². The van der Waals surface area contributed by atoms with E-state index < -0.39 is 5.97 Å². The SMILES string of the molecule is COCCC(C)N1CCCN(CC(=O)O)CC1. The Kier molecular flexibility index (Phi) is 6.47. The number of hydrogen-bond acceptors (Lipinski definition) is 4. The average Bonchev–Trinajstić information content (AvgIpc) is 2.51. The van der Waals surface area contributed by atoms with Crippen LogP contribution in [-0.4, -0.2) is 73.4 Å². The molecule has 0 saturated carbocycles. The first kappa shape index (κ1) is 14.4. The van der Waals surface area contributed by atoms with Crippen LogP contribution in [0.1, 0.15) is 19.8 Å². The van der Waals surface area contributed by atoms with Gasteiger partial charge in [-0.1, -0.05) is 0 Å². The quantitative estimate of drug-likeness (QED) is 0.737. The maximum atomic E-state index is 10.7. The van der Waals surface area contributed by atoms with Gasteiger partial charge >= 0.3 is 5.97 Å². The van der Waals surface area contributed by atoms with E-state index in [2.05, 4.69) is 11.8 Å². The van der Waals surface area contributed by atoms with Gasteiger partial charge in [-0.15, -0.1) is 0 Å². The Morgan fingerprint density at radius 3 is 2.76 bits per heavy atom. The minimum atomic E-state index is -0.731. The van der Waals surface area contributed by atoms with Crippen LogP contribution >= 0.6 is 0 Å². The molecule has 0 aromatic rings. The van der Waals surface area contributed by atoms with Gasteiger partial charge in [0.25, 0.3) is 0 Å². The van der Waals surface area contributed by atoms with E-state index in [4.69, 9.17) is 9.84 Å². The highest BCUT2D eigenvalue weighted by molar-refractivity contribution is 5.69. The second kappa shape index (κ2) is 7.63. The molecule has 0 amide bonds. The van der Waals surface area contributed by atoms with Crippen molar-refractivity contribution in [3.05, 3.63) is 0 Å². The second-order valence-corrected chi connectivity index (χ2v) is 4.69. The molecule has 5 nitrogen and oxygen atoms in total. The lowest BCUT2D eigenvalue weighted by atomic mass is 10.2. The molecule has 1 N–H and O–H groups in total. The number of aliphatic carboxylic acids is 1. The van der Waals surface area contributed by atoms with E-state index in [0.29, 0.717) is 6.04 Å². The molecule has 0 bridgehead atoms. The smallest absolute Gasteiger partial charge is 0.317 e. The van der Waals surface area contributed by atoms with E-state index in [0.717, 1.165) is 45.6 Å². The Morgan fingerprint density at radius 2 is 2.12 bits per heavy atom. The number of hydrogen-bond donors (Lipinski definition) is 1. The summed E-state index contributed by atoms with van der Waals surface area (Å²) in [5.74, 6) is -0.731. The zero-order valence-electron chi connectivity index (χ0n) is 10.9. The molecule has 0 aromatic heterocycles. The summed E-state index contributed by atoms with van der Waals surface area (Å²) in [4.78, 5) is 15.1. The molecule has 0 aromatic carbocycles. The van der Waals surface area contributed by atoms with E-state index >= 15 is 0 Å². The van der Waals surface area contributed by atoms with Gasteiger partial charge in [0, 0.05) is 39.4 Å². The molecular formula is C12H24N2O3. The largest absolute Gasteiger partial charge is 0.480 e. The molecule has 1 unspecified atom stereocenters.